The van der Waals surface area contributed by atoms with Crippen molar-refractivity contribution in [3.05, 3.63) is 50.1 Å². The summed E-state index contributed by atoms with van der Waals surface area (Å²) in [5.74, 6) is 0.270. The van der Waals surface area contributed by atoms with Crippen LogP contribution in [0.15, 0.2) is 35.4 Å². The Balaban J connectivity index is 1.81. The van der Waals surface area contributed by atoms with Gasteiger partial charge in [-0.25, -0.2) is 5.43 Å². The van der Waals surface area contributed by atoms with Crippen molar-refractivity contribution in [1.29, 1.82) is 0 Å². The third kappa shape index (κ3) is 5.04. The molecule has 0 aliphatic heterocycles. The van der Waals surface area contributed by atoms with E-state index in [0.29, 0.717) is 15.1 Å². The molecule has 4 nitrogen and oxygen atoms in total. The van der Waals surface area contributed by atoms with Crippen molar-refractivity contribution in [2.24, 2.45) is 5.10 Å². The lowest BCUT2D eigenvalue weighted by molar-refractivity contribution is -0.123. The Morgan fingerprint density at radius 1 is 1.38 bits per heavy atom. The van der Waals surface area contributed by atoms with E-state index in [-0.39, 0.29) is 12.5 Å². The predicted molar refractivity (Wildman–Crippen MR) is 86.7 cm³/mol. The standard InChI is InChI=1S/C14H12Cl2N2O2S/c1-9-6-10(15)2-4-12(9)20-8-14(19)18-17-7-11-3-5-13(16)21-11/h2-7H,8H2,1H3,(H,18,19). The van der Waals surface area contributed by atoms with E-state index in [1.165, 1.54) is 17.6 Å². The molecule has 0 fully saturated rings. The number of carbonyl (C=O) groups is 1. The summed E-state index contributed by atoms with van der Waals surface area (Å²) in [4.78, 5) is 12.4. The van der Waals surface area contributed by atoms with Gasteiger partial charge in [0.15, 0.2) is 6.61 Å². The van der Waals surface area contributed by atoms with Gasteiger partial charge >= 0.3 is 0 Å². The smallest absolute Gasteiger partial charge is 0.277 e. The number of amides is 1. The highest BCUT2D eigenvalue weighted by Crippen LogP contribution is 2.21. The Kier molecular flexibility index (Phi) is 5.61. The molecule has 0 saturated heterocycles. The number of rotatable bonds is 5. The van der Waals surface area contributed by atoms with Gasteiger partial charge in [0.1, 0.15) is 5.75 Å². The lowest BCUT2D eigenvalue weighted by atomic mass is 10.2. The lowest BCUT2D eigenvalue weighted by Gasteiger charge is -2.08. The third-order valence-corrected chi connectivity index (χ3v) is 3.87. The zero-order chi connectivity index (χ0) is 15.2. The molecule has 7 heteroatoms. The number of hydrazone groups is 1. The number of aryl methyl sites for hydroxylation is 1. The number of hydrogen-bond donors (Lipinski definition) is 1. The molecule has 0 spiro atoms. The van der Waals surface area contributed by atoms with Crippen molar-refractivity contribution in [1.82, 2.24) is 5.43 Å². The van der Waals surface area contributed by atoms with Crippen LogP contribution in [0.2, 0.25) is 9.36 Å². The summed E-state index contributed by atoms with van der Waals surface area (Å²) in [7, 11) is 0. The van der Waals surface area contributed by atoms with Crippen LogP contribution in [0, 0.1) is 6.92 Å². The fourth-order valence-corrected chi connectivity index (χ4v) is 2.68. The van der Waals surface area contributed by atoms with Gasteiger partial charge in [-0.05, 0) is 42.8 Å². The topological polar surface area (TPSA) is 50.7 Å². The Bertz CT molecular complexity index is 671. The maximum Gasteiger partial charge on any atom is 0.277 e. The fourth-order valence-electron chi connectivity index (χ4n) is 1.52. The van der Waals surface area contributed by atoms with Gasteiger partial charge in [0.2, 0.25) is 0 Å². The van der Waals surface area contributed by atoms with Gasteiger partial charge in [-0.1, -0.05) is 23.2 Å². The Hall–Kier alpha value is -1.56. The first-order valence-electron chi connectivity index (χ1n) is 6.01. The Morgan fingerprint density at radius 3 is 2.86 bits per heavy atom. The van der Waals surface area contributed by atoms with Crippen molar-refractivity contribution >= 4 is 46.7 Å². The number of carbonyl (C=O) groups excluding carboxylic acids is 1. The van der Waals surface area contributed by atoms with Gasteiger partial charge < -0.3 is 4.74 Å². The van der Waals surface area contributed by atoms with E-state index in [9.17, 15) is 4.79 Å². The van der Waals surface area contributed by atoms with E-state index in [1.807, 2.05) is 13.0 Å². The minimum Gasteiger partial charge on any atom is -0.483 e. The summed E-state index contributed by atoms with van der Waals surface area (Å²) >= 11 is 13.0. The molecule has 21 heavy (non-hydrogen) atoms. The average molecular weight is 343 g/mol. The van der Waals surface area contributed by atoms with Crippen LogP contribution in [0.3, 0.4) is 0 Å². The molecule has 1 heterocycles. The molecule has 0 saturated carbocycles. The Labute approximate surface area is 136 Å². The molecule has 0 radical (unpaired) electrons. The molecule has 0 unspecified atom stereocenters. The summed E-state index contributed by atoms with van der Waals surface area (Å²) < 4.78 is 6.07. The molecule has 2 rings (SSSR count). The first-order valence-corrected chi connectivity index (χ1v) is 7.58. The summed E-state index contributed by atoms with van der Waals surface area (Å²) in [6.07, 6.45) is 1.53. The zero-order valence-corrected chi connectivity index (χ0v) is 13.4. The van der Waals surface area contributed by atoms with Crippen LogP contribution in [-0.4, -0.2) is 18.7 Å². The van der Waals surface area contributed by atoms with E-state index in [2.05, 4.69) is 10.5 Å². The number of nitrogens with one attached hydrogen (secondary N) is 1. The molecular weight excluding hydrogens is 331 g/mol. The molecule has 1 aromatic carbocycles. The Morgan fingerprint density at radius 2 is 2.19 bits per heavy atom. The third-order valence-electron chi connectivity index (χ3n) is 2.47. The fraction of sp³-hybridized carbons (Fsp3) is 0.143. The lowest BCUT2D eigenvalue weighted by Crippen LogP contribution is -2.24. The average Bonchev–Trinajstić information content (AvgIpc) is 2.83. The largest absolute Gasteiger partial charge is 0.483 e. The number of nitrogens with zero attached hydrogens (tertiary/aromatic N) is 1. The zero-order valence-electron chi connectivity index (χ0n) is 11.1. The molecular formula is C14H12Cl2N2O2S. The molecule has 0 atom stereocenters. The van der Waals surface area contributed by atoms with Gasteiger partial charge in [-0.2, -0.15) is 5.10 Å². The minimum atomic E-state index is -0.344. The van der Waals surface area contributed by atoms with E-state index in [1.54, 1.807) is 24.3 Å². The normalized spacial score (nSPS) is 10.8. The van der Waals surface area contributed by atoms with Gasteiger partial charge in [0.25, 0.3) is 5.91 Å². The van der Waals surface area contributed by atoms with Crippen LogP contribution in [-0.2, 0) is 4.79 Å². The maximum absolute atomic E-state index is 11.6. The number of halogens is 2. The van der Waals surface area contributed by atoms with E-state index in [0.717, 1.165) is 10.4 Å². The highest BCUT2D eigenvalue weighted by Gasteiger charge is 2.04. The van der Waals surface area contributed by atoms with E-state index >= 15 is 0 Å². The first kappa shape index (κ1) is 15.8. The van der Waals surface area contributed by atoms with Crippen molar-refractivity contribution in [3.8, 4) is 5.75 Å². The van der Waals surface area contributed by atoms with Crippen LogP contribution in [0.25, 0.3) is 0 Å². The van der Waals surface area contributed by atoms with Gasteiger partial charge in [-0.15, -0.1) is 11.3 Å². The molecule has 0 aliphatic carbocycles. The van der Waals surface area contributed by atoms with Crippen LogP contribution < -0.4 is 10.2 Å². The molecule has 2 aromatic rings. The molecule has 110 valence electrons. The highest BCUT2D eigenvalue weighted by atomic mass is 35.5. The van der Waals surface area contributed by atoms with Crippen molar-refractivity contribution < 1.29 is 9.53 Å². The van der Waals surface area contributed by atoms with Crippen LogP contribution in [0.5, 0.6) is 5.75 Å². The van der Waals surface area contributed by atoms with Crippen molar-refractivity contribution in [2.75, 3.05) is 6.61 Å². The summed E-state index contributed by atoms with van der Waals surface area (Å²) in [5, 5.41) is 4.46. The predicted octanol–water partition coefficient (Wildman–Crippen LogP) is 3.89. The summed E-state index contributed by atoms with van der Waals surface area (Å²) in [5.41, 5.74) is 3.25. The van der Waals surface area contributed by atoms with Crippen LogP contribution >= 0.6 is 34.5 Å². The van der Waals surface area contributed by atoms with Gasteiger partial charge in [0.05, 0.1) is 10.6 Å². The second-order valence-electron chi connectivity index (χ2n) is 4.13. The molecule has 1 N–H and O–H groups in total. The van der Waals surface area contributed by atoms with Crippen LogP contribution in [0.1, 0.15) is 10.4 Å². The van der Waals surface area contributed by atoms with E-state index in [4.69, 9.17) is 27.9 Å². The van der Waals surface area contributed by atoms with Crippen molar-refractivity contribution in [2.45, 2.75) is 6.92 Å². The molecule has 0 bridgehead atoms. The second-order valence-corrected chi connectivity index (χ2v) is 6.32. The SMILES string of the molecule is Cc1cc(Cl)ccc1OCC(=O)NN=Cc1ccc(Cl)s1. The number of benzene rings is 1. The molecule has 1 aromatic heterocycles. The second kappa shape index (κ2) is 7.45. The summed E-state index contributed by atoms with van der Waals surface area (Å²) in [6.45, 7) is 1.74. The molecule has 0 aliphatic rings. The van der Waals surface area contributed by atoms with Crippen LogP contribution in [0.4, 0.5) is 0 Å². The maximum atomic E-state index is 11.6. The highest BCUT2D eigenvalue weighted by molar-refractivity contribution is 7.17. The number of thiophene rings is 1. The first-order chi connectivity index (χ1) is 10.0. The minimum absolute atomic E-state index is 0.120. The number of ether oxygens (including phenoxy) is 1. The molecule has 1 amide bonds. The monoisotopic (exact) mass is 342 g/mol. The number of hydrogen-bond acceptors (Lipinski definition) is 4. The van der Waals surface area contributed by atoms with Gasteiger partial charge in [-0.3, -0.25) is 4.79 Å². The van der Waals surface area contributed by atoms with Gasteiger partial charge in [0, 0.05) is 9.90 Å². The quantitative estimate of drug-likeness (QED) is 0.661. The van der Waals surface area contributed by atoms with Crippen molar-refractivity contribution in [3.63, 3.8) is 0 Å². The van der Waals surface area contributed by atoms with E-state index < -0.39 is 0 Å². The summed E-state index contributed by atoms with van der Waals surface area (Å²) in [6, 6.07) is 8.79.